The Labute approximate surface area is 151 Å². The van der Waals surface area contributed by atoms with Gasteiger partial charge in [0.2, 0.25) is 10.0 Å². The lowest BCUT2D eigenvalue weighted by Gasteiger charge is -2.31. The van der Waals surface area contributed by atoms with Crippen LogP contribution in [0.15, 0.2) is 42.7 Å². The summed E-state index contributed by atoms with van der Waals surface area (Å²) in [6, 6.07) is 9.12. The Balaban J connectivity index is 1.52. The van der Waals surface area contributed by atoms with Crippen LogP contribution in [0.4, 0.5) is 4.39 Å². The number of sulfonamides is 1. The van der Waals surface area contributed by atoms with Gasteiger partial charge in [-0.15, -0.1) is 0 Å². The van der Waals surface area contributed by atoms with E-state index in [1.807, 2.05) is 18.2 Å². The molecule has 1 fully saturated rings. The SMILES string of the molecule is O=S(=O)(CCOc1ccccc1)N1CCCC(Oc2ncc(F)cn2)C1. The van der Waals surface area contributed by atoms with Crippen LogP contribution in [-0.2, 0) is 10.0 Å². The number of para-hydroxylation sites is 1. The molecule has 9 heteroatoms. The maximum atomic E-state index is 12.8. The molecule has 26 heavy (non-hydrogen) atoms. The largest absolute Gasteiger partial charge is 0.492 e. The molecule has 2 aromatic rings. The molecular weight excluding hydrogens is 361 g/mol. The summed E-state index contributed by atoms with van der Waals surface area (Å²) >= 11 is 0. The molecule has 140 valence electrons. The third kappa shape index (κ3) is 5.12. The predicted octanol–water partition coefficient (Wildman–Crippen LogP) is 1.87. The Bertz CT molecular complexity index is 803. The smallest absolute Gasteiger partial charge is 0.316 e. The van der Waals surface area contributed by atoms with Crippen LogP contribution in [0.2, 0.25) is 0 Å². The Morgan fingerprint density at radius 3 is 2.65 bits per heavy atom. The van der Waals surface area contributed by atoms with Crippen LogP contribution in [0.25, 0.3) is 0 Å². The number of piperidine rings is 1. The normalized spacial score (nSPS) is 18.4. The second kappa shape index (κ2) is 8.41. The second-order valence-corrected chi connectivity index (χ2v) is 7.99. The van der Waals surface area contributed by atoms with E-state index in [9.17, 15) is 12.8 Å². The Kier molecular flexibility index (Phi) is 6.00. The Morgan fingerprint density at radius 2 is 1.92 bits per heavy atom. The molecule has 2 heterocycles. The Hall–Kier alpha value is -2.26. The molecular formula is C17H20FN3O4S. The fraction of sp³-hybridized carbons (Fsp3) is 0.412. The Morgan fingerprint density at radius 1 is 1.19 bits per heavy atom. The minimum absolute atomic E-state index is 0.0445. The average molecular weight is 381 g/mol. The van der Waals surface area contributed by atoms with Gasteiger partial charge in [-0.25, -0.2) is 22.8 Å². The van der Waals surface area contributed by atoms with E-state index in [4.69, 9.17) is 9.47 Å². The van der Waals surface area contributed by atoms with Crippen LogP contribution in [0.5, 0.6) is 11.8 Å². The van der Waals surface area contributed by atoms with Gasteiger partial charge in [-0.2, -0.15) is 4.31 Å². The van der Waals surface area contributed by atoms with Gasteiger partial charge >= 0.3 is 6.01 Å². The van der Waals surface area contributed by atoms with E-state index in [2.05, 4.69) is 9.97 Å². The van der Waals surface area contributed by atoms with Crippen molar-refractivity contribution in [3.8, 4) is 11.8 Å². The van der Waals surface area contributed by atoms with E-state index >= 15 is 0 Å². The molecule has 0 bridgehead atoms. The van der Waals surface area contributed by atoms with Crippen molar-refractivity contribution >= 4 is 10.0 Å². The van der Waals surface area contributed by atoms with E-state index in [1.54, 1.807) is 12.1 Å². The van der Waals surface area contributed by atoms with E-state index in [0.717, 1.165) is 12.4 Å². The third-order valence-electron chi connectivity index (χ3n) is 3.96. The van der Waals surface area contributed by atoms with Crippen molar-refractivity contribution in [2.45, 2.75) is 18.9 Å². The van der Waals surface area contributed by atoms with Gasteiger partial charge in [-0.05, 0) is 25.0 Å². The highest BCUT2D eigenvalue weighted by atomic mass is 32.2. The number of rotatable bonds is 7. The summed E-state index contributed by atoms with van der Waals surface area (Å²) in [7, 11) is -3.46. The number of hydrogen-bond acceptors (Lipinski definition) is 6. The first-order valence-electron chi connectivity index (χ1n) is 8.33. The lowest BCUT2D eigenvalue weighted by Crippen LogP contribution is -2.45. The summed E-state index contributed by atoms with van der Waals surface area (Å²) in [6.45, 7) is 0.738. The van der Waals surface area contributed by atoms with E-state index < -0.39 is 15.8 Å². The molecule has 0 saturated carbocycles. The van der Waals surface area contributed by atoms with Gasteiger partial charge in [-0.1, -0.05) is 18.2 Å². The van der Waals surface area contributed by atoms with Gasteiger partial charge in [0.25, 0.3) is 0 Å². The highest BCUT2D eigenvalue weighted by Crippen LogP contribution is 2.18. The fourth-order valence-electron chi connectivity index (χ4n) is 2.67. The fourth-order valence-corrected chi connectivity index (χ4v) is 4.03. The number of aromatic nitrogens is 2. The summed E-state index contributed by atoms with van der Waals surface area (Å²) in [4.78, 5) is 7.49. The summed E-state index contributed by atoms with van der Waals surface area (Å²) in [5.41, 5.74) is 0. The minimum Gasteiger partial charge on any atom is -0.492 e. The highest BCUT2D eigenvalue weighted by Gasteiger charge is 2.30. The summed E-state index contributed by atoms with van der Waals surface area (Å²) in [5, 5.41) is 0. The van der Waals surface area contributed by atoms with E-state index in [1.165, 1.54) is 4.31 Å². The molecule has 1 aromatic carbocycles. The molecule has 1 aliphatic heterocycles. The zero-order valence-electron chi connectivity index (χ0n) is 14.1. The molecule has 0 N–H and O–H groups in total. The van der Waals surface area contributed by atoms with Gasteiger partial charge < -0.3 is 9.47 Å². The van der Waals surface area contributed by atoms with E-state index in [0.29, 0.717) is 25.1 Å². The summed E-state index contributed by atoms with van der Waals surface area (Å²) < 4.78 is 50.4. The lowest BCUT2D eigenvalue weighted by atomic mass is 10.1. The monoisotopic (exact) mass is 381 g/mol. The standard InChI is InChI=1S/C17H20FN3O4S/c18-14-11-19-17(20-12-14)25-16-7-4-8-21(13-16)26(22,23)10-9-24-15-5-2-1-3-6-15/h1-3,5-6,11-12,16H,4,7-10,13H2. The molecule has 1 saturated heterocycles. The van der Waals surface area contributed by atoms with Crippen LogP contribution < -0.4 is 9.47 Å². The third-order valence-corrected chi connectivity index (χ3v) is 5.76. The van der Waals surface area contributed by atoms with Crippen molar-refractivity contribution in [3.63, 3.8) is 0 Å². The van der Waals surface area contributed by atoms with Crippen molar-refractivity contribution in [2.75, 3.05) is 25.4 Å². The van der Waals surface area contributed by atoms with Crippen LogP contribution in [0.3, 0.4) is 0 Å². The first-order chi connectivity index (χ1) is 12.5. The van der Waals surface area contributed by atoms with E-state index in [-0.39, 0.29) is 31.0 Å². The lowest BCUT2D eigenvalue weighted by molar-refractivity contribution is 0.118. The number of benzene rings is 1. The van der Waals surface area contributed by atoms with Gasteiger partial charge in [0.05, 0.1) is 24.7 Å². The summed E-state index contributed by atoms with van der Waals surface area (Å²) in [5.74, 6) is -0.0265. The van der Waals surface area contributed by atoms with Crippen LogP contribution in [-0.4, -0.2) is 54.2 Å². The van der Waals surface area contributed by atoms with Gasteiger partial charge in [0.1, 0.15) is 18.5 Å². The molecule has 3 rings (SSSR count). The molecule has 1 aromatic heterocycles. The molecule has 0 radical (unpaired) electrons. The molecule has 0 spiro atoms. The molecule has 1 aliphatic rings. The molecule has 1 atom stereocenters. The average Bonchev–Trinajstić information content (AvgIpc) is 2.65. The van der Waals surface area contributed by atoms with Crippen LogP contribution in [0.1, 0.15) is 12.8 Å². The number of hydrogen-bond donors (Lipinski definition) is 0. The van der Waals surface area contributed by atoms with Gasteiger partial charge in [-0.3, -0.25) is 0 Å². The van der Waals surface area contributed by atoms with Crippen molar-refractivity contribution < 1.29 is 22.3 Å². The predicted molar refractivity (Wildman–Crippen MR) is 92.9 cm³/mol. The van der Waals surface area contributed by atoms with Crippen molar-refractivity contribution in [1.29, 1.82) is 0 Å². The molecule has 0 aliphatic carbocycles. The number of nitrogens with zero attached hydrogens (tertiary/aromatic N) is 3. The van der Waals surface area contributed by atoms with Crippen molar-refractivity contribution in [3.05, 3.63) is 48.5 Å². The quantitative estimate of drug-likeness (QED) is 0.728. The summed E-state index contributed by atoms with van der Waals surface area (Å²) in [6.07, 6.45) is 3.03. The first kappa shape index (κ1) is 18.5. The molecule has 0 amide bonds. The second-order valence-electron chi connectivity index (χ2n) is 5.90. The maximum Gasteiger partial charge on any atom is 0.316 e. The van der Waals surface area contributed by atoms with Crippen LogP contribution >= 0.6 is 0 Å². The highest BCUT2D eigenvalue weighted by molar-refractivity contribution is 7.89. The van der Waals surface area contributed by atoms with Crippen LogP contribution in [0, 0.1) is 5.82 Å². The van der Waals surface area contributed by atoms with Crippen molar-refractivity contribution in [2.24, 2.45) is 0 Å². The topological polar surface area (TPSA) is 81.6 Å². The zero-order valence-corrected chi connectivity index (χ0v) is 14.9. The molecule has 1 unspecified atom stereocenters. The van der Waals surface area contributed by atoms with Gasteiger partial charge in [0, 0.05) is 6.54 Å². The maximum absolute atomic E-state index is 12.8. The number of halogens is 1. The minimum atomic E-state index is -3.46. The van der Waals surface area contributed by atoms with Crippen molar-refractivity contribution in [1.82, 2.24) is 14.3 Å². The molecule has 7 nitrogen and oxygen atoms in total. The number of ether oxygens (including phenoxy) is 2. The van der Waals surface area contributed by atoms with Gasteiger partial charge in [0.15, 0.2) is 5.82 Å². The first-order valence-corrected chi connectivity index (χ1v) is 9.94. The zero-order chi connectivity index (χ0) is 18.4.